The Morgan fingerprint density at radius 3 is 2.50 bits per heavy atom. The second-order valence-corrected chi connectivity index (χ2v) is 5.20. The van der Waals surface area contributed by atoms with E-state index in [1.54, 1.807) is 32.0 Å². The molecule has 0 aliphatic rings. The molecule has 0 aliphatic heterocycles. The van der Waals surface area contributed by atoms with Gasteiger partial charge in [-0.25, -0.2) is 0 Å². The summed E-state index contributed by atoms with van der Waals surface area (Å²) in [6.07, 6.45) is 0.0599. The van der Waals surface area contributed by atoms with Gasteiger partial charge in [-0.3, -0.25) is 14.4 Å². The SMILES string of the molecule is CCOC(=O)[C@@H](C)C[C@@H](NC(=O)c1ccccc1Cl)C(N)=O. The van der Waals surface area contributed by atoms with Crippen LogP contribution in [0.1, 0.15) is 30.6 Å². The van der Waals surface area contributed by atoms with Crippen molar-refractivity contribution < 1.29 is 19.1 Å². The number of ether oxygens (including phenoxy) is 1. The van der Waals surface area contributed by atoms with Gasteiger partial charge in [-0.15, -0.1) is 0 Å². The molecule has 0 bridgehead atoms. The first-order valence-electron chi connectivity index (χ1n) is 6.88. The Bertz CT molecular complexity index is 562. The zero-order valence-electron chi connectivity index (χ0n) is 12.5. The maximum atomic E-state index is 12.1. The lowest BCUT2D eigenvalue weighted by Gasteiger charge is -2.19. The van der Waals surface area contributed by atoms with Gasteiger partial charge in [0, 0.05) is 0 Å². The highest BCUT2D eigenvalue weighted by atomic mass is 35.5. The summed E-state index contributed by atoms with van der Waals surface area (Å²) in [5, 5.41) is 2.76. The number of carbonyl (C=O) groups is 3. The number of hydrogen-bond acceptors (Lipinski definition) is 4. The van der Waals surface area contributed by atoms with E-state index in [0.29, 0.717) is 0 Å². The van der Waals surface area contributed by atoms with Crippen molar-refractivity contribution in [1.82, 2.24) is 5.32 Å². The maximum absolute atomic E-state index is 12.1. The lowest BCUT2D eigenvalue weighted by molar-refractivity contribution is -0.147. The Kier molecular flexibility index (Phi) is 6.85. The number of carbonyl (C=O) groups excluding carboxylic acids is 3. The van der Waals surface area contributed by atoms with E-state index < -0.39 is 29.7 Å². The number of rotatable bonds is 7. The van der Waals surface area contributed by atoms with Crippen LogP contribution in [0.15, 0.2) is 24.3 Å². The van der Waals surface area contributed by atoms with Gasteiger partial charge < -0.3 is 15.8 Å². The quantitative estimate of drug-likeness (QED) is 0.742. The Morgan fingerprint density at radius 2 is 1.95 bits per heavy atom. The largest absolute Gasteiger partial charge is 0.466 e. The number of halogens is 1. The van der Waals surface area contributed by atoms with Crippen LogP contribution in [0, 0.1) is 5.92 Å². The smallest absolute Gasteiger partial charge is 0.308 e. The molecule has 3 N–H and O–H groups in total. The molecule has 0 unspecified atom stereocenters. The topological polar surface area (TPSA) is 98.5 Å². The standard InChI is InChI=1S/C15H19ClN2O4/c1-3-22-15(21)9(2)8-12(13(17)19)18-14(20)10-6-4-5-7-11(10)16/h4-7,9,12H,3,8H2,1-2H3,(H2,17,19)(H,18,20)/t9-,12+/m0/s1. The first kappa shape index (κ1) is 18.0. The average Bonchev–Trinajstić information content (AvgIpc) is 2.46. The summed E-state index contributed by atoms with van der Waals surface area (Å²) in [5.41, 5.74) is 5.52. The fourth-order valence-electron chi connectivity index (χ4n) is 1.86. The van der Waals surface area contributed by atoms with E-state index in [0.717, 1.165) is 0 Å². The van der Waals surface area contributed by atoms with E-state index in [2.05, 4.69) is 5.32 Å². The molecule has 6 nitrogen and oxygen atoms in total. The van der Waals surface area contributed by atoms with Gasteiger partial charge in [0.1, 0.15) is 6.04 Å². The fraction of sp³-hybridized carbons (Fsp3) is 0.400. The molecule has 120 valence electrons. The first-order chi connectivity index (χ1) is 10.4. The van der Waals surface area contributed by atoms with Crippen LogP contribution in [0.25, 0.3) is 0 Å². The summed E-state index contributed by atoms with van der Waals surface area (Å²) >= 11 is 5.93. The van der Waals surface area contributed by atoms with Crippen LogP contribution in [0.3, 0.4) is 0 Å². The van der Waals surface area contributed by atoms with Crippen molar-refractivity contribution >= 4 is 29.4 Å². The number of esters is 1. The third-order valence-electron chi connectivity index (χ3n) is 3.05. The molecule has 2 amide bonds. The molecule has 7 heteroatoms. The molecule has 0 saturated carbocycles. The van der Waals surface area contributed by atoms with Gasteiger partial charge in [-0.2, -0.15) is 0 Å². The normalized spacial score (nSPS) is 13.0. The second kappa shape index (κ2) is 8.38. The van der Waals surface area contributed by atoms with Gasteiger partial charge in [0.2, 0.25) is 5.91 Å². The molecule has 0 radical (unpaired) electrons. The molecule has 0 heterocycles. The van der Waals surface area contributed by atoms with Crippen molar-refractivity contribution in [3.8, 4) is 0 Å². The van der Waals surface area contributed by atoms with E-state index in [9.17, 15) is 14.4 Å². The minimum Gasteiger partial charge on any atom is -0.466 e. The van der Waals surface area contributed by atoms with Crippen LogP contribution in [-0.2, 0) is 14.3 Å². The number of nitrogens with two attached hydrogens (primary N) is 1. The summed E-state index contributed by atoms with van der Waals surface area (Å²) in [4.78, 5) is 35.2. The van der Waals surface area contributed by atoms with Gasteiger partial charge in [0.25, 0.3) is 5.91 Å². The van der Waals surface area contributed by atoms with E-state index in [1.807, 2.05) is 0 Å². The Hall–Kier alpha value is -2.08. The highest BCUT2D eigenvalue weighted by molar-refractivity contribution is 6.33. The predicted molar refractivity (Wildman–Crippen MR) is 82.3 cm³/mol. The van der Waals surface area contributed by atoms with Crippen molar-refractivity contribution in [3.63, 3.8) is 0 Å². The number of nitrogens with one attached hydrogen (secondary N) is 1. The second-order valence-electron chi connectivity index (χ2n) is 4.80. The first-order valence-corrected chi connectivity index (χ1v) is 7.26. The maximum Gasteiger partial charge on any atom is 0.308 e. The van der Waals surface area contributed by atoms with Crippen LogP contribution in [0.4, 0.5) is 0 Å². The van der Waals surface area contributed by atoms with Crippen LogP contribution < -0.4 is 11.1 Å². The molecule has 1 aromatic carbocycles. The predicted octanol–water partition coefficient (Wildman–Crippen LogP) is 1.51. The minimum absolute atomic E-state index is 0.0599. The number of amides is 2. The van der Waals surface area contributed by atoms with Gasteiger partial charge in [-0.1, -0.05) is 30.7 Å². The minimum atomic E-state index is -0.983. The Morgan fingerprint density at radius 1 is 1.32 bits per heavy atom. The van der Waals surface area contributed by atoms with Crippen LogP contribution in [0.5, 0.6) is 0 Å². The fourth-order valence-corrected chi connectivity index (χ4v) is 2.08. The summed E-state index contributed by atoms with van der Waals surface area (Å²) in [6, 6.07) is 5.46. The van der Waals surface area contributed by atoms with Crippen molar-refractivity contribution in [2.24, 2.45) is 11.7 Å². The summed E-state index contributed by atoms with van der Waals surface area (Å²) in [7, 11) is 0. The average molecular weight is 327 g/mol. The van der Waals surface area contributed by atoms with Crippen molar-refractivity contribution in [3.05, 3.63) is 34.9 Å². The van der Waals surface area contributed by atoms with Gasteiger partial charge in [0.15, 0.2) is 0 Å². The van der Waals surface area contributed by atoms with Crippen LogP contribution in [-0.4, -0.2) is 30.4 Å². The summed E-state index contributed by atoms with van der Waals surface area (Å²) < 4.78 is 4.87. The zero-order chi connectivity index (χ0) is 16.7. The van der Waals surface area contributed by atoms with E-state index in [-0.39, 0.29) is 23.6 Å². The number of primary amides is 1. The van der Waals surface area contributed by atoms with Gasteiger partial charge in [0.05, 0.1) is 23.1 Å². The van der Waals surface area contributed by atoms with Crippen molar-refractivity contribution in [2.45, 2.75) is 26.3 Å². The highest BCUT2D eigenvalue weighted by Crippen LogP contribution is 2.16. The highest BCUT2D eigenvalue weighted by Gasteiger charge is 2.26. The molecule has 0 spiro atoms. The molecule has 2 atom stereocenters. The lowest BCUT2D eigenvalue weighted by Crippen LogP contribution is -2.46. The third kappa shape index (κ3) is 5.04. The lowest BCUT2D eigenvalue weighted by atomic mass is 10.0. The van der Waals surface area contributed by atoms with E-state index >= 15 is 0 Å². The number of benzene rings is 1. The molecule has 0 aromatic heterocycles. The van der Waals surface area contributed by atoms with Crippen molar-refractivity contribution in [2.75, 3.05) is 6.61 Å². The molecule has 0 saturated heterocycles. The van der Waals surface area contributed by atoms with Crippen molar-refractivity contribution in [1.29, 1.82) is 0 Å². The molecular formula is C15H19ClN2O4. The molecular weight excluding hydrogens is 308 g/mol. The zero-order valence-corrected chi connectivity index (χ0v) is 13.2. The summed E-state index contributed by atoms with van der Waals surface area (Å²) in [5.74, 6) is -2.26. The molecule has 1 rings (SSSR count). The van der Waals surface area contributed by atoms with Gasteiger partial charge >= 0.3 is 5.97 Å². The molecule has 1 aromatic rings. The van der Waals surface area contributed by atoms with Crippen LogP contribution >= 0.6 is 11.6 Å². The van der Waals surface area contributed by atoms with E-state index in [4.69, 9.17) is 22.1 Å². The monoisotopic (exact) mass is 326 g/mol. The Balaban J connectivity index is 2.77. The molecule has 0 fully saturated rings. The van der Waals surface area contributed by atoms with Gasteiger partial charge in [-0.05, 0) is 25.5 Å². The van der Waals surface area contributed by atoms with E-state index in [1.165, 1.54) is 6.07 Å². The third-order valence-corrected chi connectivity index (χ3v) is 3.38. The molecule has 0 aliphatic carbocycles. The number of hydrogen-bond donors (Lipinski definition) is 2. The van der Waals surface area contributed by atoms with Crippen LogP contribution in [0.2, 0.25) is 5.02 Å². The Labute approximate surface area is 134 Å². The summed E-state index contributed by atoms with van der Waals surface area (Å²) in [6.45, 7) is 3.54. The molecule has 22 heavy (non-hydrogen) atoms.